The van der Waals surface area contributed by atoms with Crippen LogP contribution in [0.2, 0.25) is 0 Å². The van der Waals surface area contributed by atoms with Crippen LogP contribution in [0.25, 0.3) is 11.1 Å². The van der Waals surface area contributed by atoms with Crippen LogP contribution in [0.15, 0.2) is 30.3 Å². The minimum Gasteiger partial charge on any atom is -0.493 e. The molecular formula is C25H29NO6. The average molecular weight is 440 g/mol. The lowest BCUT2D eigenvalue weighted by atomic mass is 9.99. The first kappa shape index (κ1) is 22.0. The van der Waals surface area contributed by atoms with Crippen molar-refractivity contribution in [1.29, 1.82) is 0 Å². The number of hydrogen-bond donors (Lipinski definition) is 1. The maximum Gasteiger partial charge on any atom is 0.306 e. The van der Waals surface area contributed by atoms with Crippen LogP contribution >= 0.6 is 0 Å². The van der Waals surface area contributed by atoms with Crippen molar-refractivity contribution in [2.75, 3.05) is 27.4 Å². The van der Waals surface area contributed by atoms with Crippen molar-refractivity contribution in [3.63, 3.8) is 0 Å². The number of carbonyl (C=O) groups is 2. The van der Waals surface area contributed by atoms with E-state index >= 15 is 0 Å². The van der Waals surface area contributed by atoms with Crippen molar-refractivity contribution in [2.45, 2.75) is 38.6 Å². The number of ether oxygens (including phenoxy) is 4. The van der Waals surface area contributed by atoms with Crippen molar-refractivity contribution in [1.82, 2.24) is 5.32 Å². The second-order valence-electron chi connectivity index (χ2n) is 8.16. The van der Waals surface area contributed by atoms with Gasteiger partial charge in [-0.15, -0.1) is 0 Å². The SMILES string of the molecule is COc1ccc(-c2ccc3c(c2)CNC3=O)c(OCCOC(=O)CC2CCCC2)c1OC. The molecule has 0 bridgehead atoms. The molecule has 0 radical (unpaired) electrons. The predicted molar refractivity (Wildman–Crippen MR) is 119 cm³/mol. The van der Waals surface area contributed by atoms with E-state index in [1.54, 1.807) is 14.2 Å². The van der Waals surface area contributed by atoms with Gasteiger partial charge in [-0.1, -0.05) is 18.9 Å². The number of hydrogen-bond acceptors (Lipinski definition) is 6. The molecule has 1 aliphatic carbocycles. The largest absolute Gasteiger partial charge is 0.493 e. The first-order chi connectivity index (χ1) is 15.6. The monoisotopic (exact) mass is 439 g/mol. The predicted octanol–water partition coefficient (Wildman–Crippen LogP) is 4.12. The Morgan fingerprint density at radius 2 is 1.78 bits per heavy atom. The Balaban J connectivity index is 1.49. The molecule has 1 aliphatic heterocycles. The van der Waals surface area contributed by atoms with Gasteiger partial charge in [-0.25, -0.2) is 0 Å². The smallest absolute Gasteiger partial charge is 0.306 e. The molecule has 1 N–H and O–H groups in total. The molecule has 0 saturated heterocycles. The summed E-state index contributed by atoms with van der Waals surface area (Å²) in [7, 11) is 3.13. The van der Waals surface area contributed by atoms with E-state index in [4.69, 9.17) is 18.9 Å². The summed E-state index contributed by atoms with van der Waals surface area (Å²) in [6, 6.07) is 9.40. The Kier molecular flexibility index (Phi) is 6.83. The first-order valence-corrected chi connectivity index (χ1v) is 11.1. The summed E-state index contributed by atoms with van der Waals surface area (Å²) < 4.78 is 22.5. The lowest BCUT2D eigenvalue weighted by molar-refractivity contribution is -0.145. The van der Waals surface area contributed by atoms with Gasteiger partial charge in [0.1, 0.15) is 13.2 Å². The molecule has 1 saturated carbocycles. The molecule has 2 aromatic carbocycles. The lowest BCUT2D eigenvalue weighted by Crippen LogP contribution is -2.15. The van der Waals surface area contributed by atoms with Gasteiger partial charge < -0.3 is 24.3 Å². The fourth-order valence-electron chi connectivity index (χ4n) is 4.48. The van der Waals surface area contributed by atoms with Crippen LogP contribution in [0.3, 0.4) is 0 Å². The number of methoxy groups -OCH3 is 2. The standard InChI is InChI=1S/C25H29NO6/c1-29-21-10-9-19(17-7-8-20-18(14-17)15-26-25(20)28)23(24(21)30-2)32-12-11-31-22(27)13-16-5-3-4-6-16/h7-10,14,16H,3-6,11-13,15H2,1-2H3,(H,26,28). The first-order valence-electron chi connectivity index (χ1n) is 11.1. The van der Waals surface area contributed by atoms with E-state index in [0.29, 0.717) is 41.7 Å². The Labute approximate surface area is 188 Å². The molecule has 0 aromatic heterocycles. The van der Waals surface area contributed by atoms with E-state index in [9.17, 15) is 9.59 Å². The highest BCUT2D eigenvalue weighted by atomic mass is 16.6. The summed E-state index contributed by atoms with van der Waals surface area (Å²) >= 11 is 0. The maximum atomic E-state index is 12.1. The quantitative estimate of drug-likeness (QED) is 0.468. The molecule has 0 spiro atoms. The molecule has 0 unspecified atom stereocenters. The van der Waals surface area contributed by atoms with Gasteiger partial charge in [0.15, 0.2) is 11.5 Å². The maximum absolute atomic E-state index is 12.1. The number of nitrogens with one attached hydrogen (secondary N) is 1. The normalized spacial score (nSPS) is 15.2. The molecule has 170 valence electrons. The highest BCUT2D eigenvalue weighted by Gasteiger charge is 2.23. The van der Waals surface area contributed by atoms with Gasteiger partial charge in [0.05, 0.1) is 14.2 Å². The van der Waals surface area contributed by atoms with Crippen molar-refractivity contribution in [3.8, 4) is 28.4 Å². The number of fused-ring (bicyclic) bond motifs is 1. The zero-order valence-electron chi connectivity index (χ0n) is 18.6. The van der Waals surface area contributed by atoms with Gasteiger partial charge in [-0.3, -0.25) is 9.59 Å². The second kappa shape index (κ2) is 9.94. The van der Waals surface area contributed by atoms with E-state index in [2.05, 4.69) is 5.32 Å². The molecule has 1 amide bonds. The van der Waals surface area contributed by atoms with Crippen LogP contribution in [0.5, 0.6) is 17.2 Å². The highest BCUT2D eigenvalue weighted by Crippen LogP contribution is 2.45. The minimum atomic E-state index is -0.172. The van der Waals surface area contributed by atoms with Gasteiger partial charge in [-0.05, 0) is 54.2 Å². The Morgan fingerprint density at radius 3 is 2.53 bits per heavy atom. The number of carbonyl (C=O) groups excluding carboxylic acids is 2. The third-order valence-electron chi connectivity index (χ3n) is 6.12. The van der Waals surface area contributed by atoms with Crippen molar-refractivity contribution >= 4 is 11.9 Å². The molecule has 32 heavy (non-hydrogen) atoms. The van der Waals surface area contributed by atoms with Crippen LogP contribution < -0.4 is 19.5 Å². The minimum absolute atomic E-state index is 0.0604. The van der Waals surface area contributed by atoms with Gasteiger partial charge in [0, 0.05) is 24.1 Å². The van der Waals surface area contributed by atoms with Gasteiger partial charge in [0.2, 0.25) is 5.75 Å². The van der Waals surface area contributed by atoms with Crippen LogP contribution in [-0.4, -0.2) is 39.3 Å². The van der Waals surface area contributed by atoms with Crippen molar-refractivity contribution < 1.29 is 28.5 Å². The van der Waals surface area contributed by atoms with Gasteiger partial charge in [-0.2, -0.15) is 0 Å². The molecule has 4 rings (SSSR count). The number of amides is 1. The zero-order chi connectivity index (χ0) is 22.5. The third kappa shape index (κ3) is 4.66. The summed E-state index contributed by atoms with van der Waals surface area (Å²) in [5, 5.41) is 2.83. The summed E-state index contributed by atoms with van der Waals surface area (Å²) in [6.45, 7) is 0.855. The molecule has 2 aromatic rings. The molecule has 7 nitrogen and oxygen atoms in total. The van der Waals surface area contributed by atoms with Crippen molar-refractivity contribution in [2.24, 2.45) is 5.92 Å². The van der Waals surface area contributed by atoms with E-state index < -0.39 is 0 Å². The Morgan fingerprint density at radius 1 is 1.00 bits per heavy atom. The molecule has 0 atom stereocenters. The fraction of sp³-hybridized carbons (Fsp3) is 0.440. The summed E-state index contributed by atoms with van der Waals surface area (Å²) in [5.74, 6) is 1.74. The van der Waals surface area contributed by atoms with Crippen LogP contribution in [-0.2, 0) is 16.1 Å². The topological polar surface area (TPSA) is 83.1 Å². The fourth-order valence-corrected chi connectivity index (χ4v) is 4.48. The number of rotatable bonds is 9. The molecular weight excluding hydrogens is 410 g/mol. The van der Waals surface area contributed by atoms with E-state index in [1.165, 1.54) is 12.8 Å². The average Bonchev–Trinajstić information content (AvgIpc) is 3.45. The van der Waals surface area contributed by atoms with E-state index in [0.717, 1.165) is 29.5 Å². The summed E-state index contributed by atoms with van der Waals surface area (Å²) in [5.41, 5.74) is 3.33. The lowest BCUT2D eigenvalue weighted by Gasteiger charge is -2.18. The molecule has 2 aliphatic rings. The van der Waals surface area contributed by atoms with Crippen molar-refractivity contribution in [3.05, 3.63) is 41.5 Å². The van der Waals surface area contributed by atoms with Gasteiger partial charge >= 0.3 is 5.97 Å². The van der Waals surface area contributed by atoms with Crippen LogP contribution in [0.4, 0.5) is 0 Å². The van der Waals surface area contributed by atoms with E-state index in [-0.39, 0.29) is 25.1 Å². The van der Waals surface area contributed by atoms with E-state index in [1.807, 2.05) is 30.3 Å². The summed E-state index contributed by atoms with van der Waals surface area (Å²) in [4.78, 5) is 24.0. The summed E-state index contributed by atoms with van der Waals surface area (Å²) in [6.07, 6.45) is 5.10. The highest BCUT2D eigenvalue weighted by molar-refractivity contribution is 5.99. The van der Waals surface area contributed by atoms with Gasteiger partial charge in [0.25, 0.3) is 5.91 Å². The zero-order valence-corrected chi connectivity index (χ0v) is 18.6. The number of esters is 1. The second-order valence-corrected chi connectivity index (χ2v) is 8.16. The Bertz CT molecular complexity index is 996. The third-order valence-corrected chi connectivity index (χ3v) is 6.12. The van der Waals surface area contributed by atoms with Crippen LogP contribution in [0, 0.1) is 5.92 Å². The van der Waals surface area contributed by atoms with Crippen LogP contribution in [0.1, 0.15) is 48.0 Å². The molecule has 1 heterocycles. The Hall–Kier alpha value is -3.22. The number of benzene rings is 2. The molecule has 1 fully saturated rings. The molecule has 7 heteroatoms.